The quantitative estimate of drug-likeness (QED) is 0.0679. The Labute approximate surface area is 654 Å². The molecule has 0 aliphatic rings. The fourth-order valence-electron chi connectivity index (χ4n) is 7.87. The number of hydrogen-bond donors (Lipinski definition) is 5. The van der Waals surface area contributed by atoms with Crippen LogP contribution in [0.3, 0.4) is 0 Å². The van der Waals surface area contributed by atoms with Gasteiger partial charge < -0.3 is 25.5 Å². The summed E-state index contributed by atoms with van der Waals surface area (Å²) in [5.41, 5.74) is 14.6. The molecule has 0 fully saturated rings. The van der Waals surface area contributed by atoms with Crippen molar-refractivity contribution in [3.05, 3.63) is 299 Å². The van der Waals surface area contributed by atoms with Gasteiger partial charge in [-0.1, -0.05) is 151 Å². The second kappa shape index (κ2) is 57.6. The fraction of sp³-hybridized carbons (Fsp3) is 0.0972. The van der Waals surface area contributed by atoms with Gasteiger partial charge in [0, 0.05) is 57.4 Å². The molecule has 0 amide bonds. The van der Waals surface area contributed by atoms with Crippen molar-refractivity contribution in [2.45, 2.75) is 48.5 Å². The third kappa shape index (κ3) is 40.3. The molecule has 5 N–H and O–H groups in total. The maximum atomic E-state index is 9.97. The van der Waals surface area contributed by atoms with Crippen molar-refractivity contribution in [2.75, 3.05) is 0 Å². The number of aryl methyl sites for hydroxylation is 4. The van der Waals surface area contributed by atoms with Crippen LogP contribution < -0.4 is 0 Å². The zero-order valence-electron chi connectivity index (χ0n) is 53.6. The van der Waals surface area contributed by atoms with Crippen LogP contribution in [-0.4, -0.2) is 55.1 Å². The predicted molar refractivity (Wildman–Crippen MR) is 400 cm³/mol. The van der Waals surface area contributed by atoms with E-state index in [0.29, 0.717) is 11.5 Å². The van der Waals surface area contributed by atoms with Crippen LogP contribution in [0, 0.1) is 27.7 Å². The fourth-order valence-corrected chi connectivity index (χ4v) is 7.87. The minimum atomic E-state index is -0.556. The SMILES string of the molecule is CC(=Nc1ccccc1)c1cccc(C)c1O.CC(=Nc1ccccc1)c1cccc(C)c1O.CC(=Nc1ccccc1)c1ccccc1O.Cc1ccc(O)c(C=Nc2ccccc2)c1.Cc1cccc(O)c1C=Nc1ccccc1.[Cl][Ti][Cl].[Cl][Ti][Cl].[Cl][Ti][Cl].[Cl][Ti][Cl].[Cl][Ti][Cl]. The molecule has 10 nitrogen and oxygen atoms in total. The zero-order valence-corrected chi connectivity index (χ0v) is 68.9. The Hall–Kier alpha value is -3.98. The number of rotatable bonds is 10. The van der Waals surface area contributed by atoms with Gasteiger partial charge in [0.25, 0.3) is 0 Å². The van der Waals surface area contributed by atoms with Gasteiger partial charge in [0.1, 0.15) is 28.7 Å². The molecular formula is C72H69Cl10N5O5Ti5. The number of para-hydroxylation sites is 8. The molecule has 0 bridgehead atoms. The predicted octanol–water partition coefficient (Wildman–Crippen LogP) is 25.0. The van der Waals surface area contributed by atoms with E-state index in [-0.39, 0.29) is 17.2 Å². The Balaban J connectivity index is 0.000000575. The van der Waals surface area contributed by atoms with E-state index in [1.54, 1.807) is 36.7 Å². The van der Waals surface area contributed by atoms with Crippen molar-refractivity contribution in [3.63, 3.8) is 0 Å². The van der Waals surface area contributed by atoms with Crippen molar-refractivity contribution >= 4 is 151 Å². The summed E-state index contributed by atoms with van der Waals surface area (Å²) in [5.74, 6) is 1.40. The first kappa shape index (κ1) is 91.0. The summed E-state index contributed by atoms with van der Waals surface area (Å²) in [4.78, 5) is 22.0. The topological polar surface area (TPSA) is 163 Å². The third-order valence-electron chi connectivity index (χ3n) is 12.4. The first-order valence-electron chi connectivity index (χ1n) is 28.5. The second-order valence-electron chi connectivity index (χ2n) is 19.2. The summed E-state index contributed by atoms with van der Waals surface area (Å²) in [6.07, 6.45) is 3.37. The van der Waals surface area contributed by atoms with Crippen molar-refractivity contribution in [3.8, 4) is 28.7 Å². The zero-order chi connectivity index (χ0) is 72.2. The molecule has 502 valence electrons. The number of aliphatic imine (C=N–C) groups is 5. The molecule has 10 aromatic carbocycles. The van der Waals surface area contributed by atoms with E-state index in [0.717, 1.165) is 95.6 Å². The first-order chi connectivity index (χ1) is 46.7. The molecule has 0 saturated carbocycles. The number of aromatic hydroxyl groups is 5. The van der Waals surface area contributed by atoms with Crippen LogP contribution in [0.25, 0.3) is 0 Å². The number of phenols is 5. The molecule has 97 heavy (non-hydrogen) atoms. The van der Waals surface area contributed by atoms with Gasteiger partial charge in [0.05, 0.1) is 28.4 Å². The molecule has 0 saturated heterocycles. The molecule has 25 heteroatoms. The normalized spacial score (nSPS) is 10.2. The molecule has 0 aliphatic heterocycles. The molecule has 0 aliphatic carbocycles. The molecular weight excluding hydrogens is 1610 g/mol. The average Bonchev–Trinajstić information content (AvgIpc) is 1.14. The van der Waals surface area contributed by atoms with Gasteiger partial charge in [-0.25, -0.2) is 0 Å². The summed E-state index contributed by atoms with van der Waals surface area (Å²) in [5, 5.41) is 48.9. The molecule has 0 atom stereocenters. The van der Waals surface area contributed by atoms with Crippen LogP contribution in [0.1, 0.15) is 70.8 Å². The van der Waals surface area contributed by atoms with E-state index in [1.165, 1.54) is 0 Å². The van der Waals surface area contributed by atoms with Gasteiger partial charge in [0.15, 0.2) is 0 Å². The van der Waals surface area contributed by atoms with Crippen LogP contribution in [0.15, 0.2) is 274 Å². The monoisotopic (exact) mass is 1670 g/mol. The number of benzene rings is 10. The summed E-state index contributed by atoms with van der Waals surface area (Å²) < 4.78 is 0. The Bertz CT molecular complexity index is 3790. The van der Waals surface area contributed by atoms with Crippen LogP contribution in [0.5, 0.6) is 28.7 Å². The van der Waals surface area contributed by atoms with Crippen molar-refractivity contribution in [2.24, 2.45) is 25.0 Å². The van der Waals surface area contributed by atoms with Crippen molar-refractivity contribution in [1.29, 1.82) is 0 Å². The number of halogens is 10. The van der Waals surface area contributed by atoms with Crippen LogP contribution in [-0.2, 0) is 85.2 Å². The van der Waals surface area contributed by atoms with E-state index in [2.05, 4.69) is 25.0 Å². The maximum absolute atomic E-state index is 9.97. The Morgan fingerprint density at radius 1 is 0.299 bits per heavy atom. The van der Waals surface area contributed by atoms with Gasteiger partial charge in [-0.05, 0) is 168 Å². The number of phenolic OH excluding ortho intramolecular Hbond substituents is 5. The molecule has 0 spiro atoms. The van der Waals surface area contributed by atoms with E-state index in [1.807, 2.05) is 273 Å². The summed E-state index contributed by atoms with van der Waals surface area (Å²) >= 11 is -2.78. The molecule has 0 unspecified atom stereocenters. The number of nitrogens with zero attached hydrogens (tertiary/aromatic N) is 5. The summed E-state index contributed by atoms with van der Waals surface area (Å²) in [7, 11) is 48.9. The third-order valence-corrected chi connectivity index (χ3v) is 12.4. The Morgan fingerprint density at radius 3 is 0.948 bits per heavy atom. The second-order valence-corrected chi connectivity index (χ2v) is 32.1. The van der Waals surface area contributed by atoms with E-state index < -0.39 is 85.2 Å². The Kier molecular flexibility index (Phi) is 54.1. The molecule has 0 heterocycles. The van der Waals surface area contributed by atoms with Gasteiger partial charge in [-0.2, -0.15) is 0 Å². The van der Waals surface area contributed by atoms with Crippen molar-refractivity contribution in [1.82, 2.24) is 0 Å². The van der Waals surface area contributed by atoms with E-state index in [4.69, 9.17) is 93.0 Å². The van der Waals surface area contributed by atoms with Crippen LogP contribution in [0.4, 0.5) is 28.4 Å². The average molecular weight is 1680 g/mol. The molecule has 10 aromatic rings. The standard InChI is InChI=1S/2C15H15NO.3C14H13NO.10ClH.5Ti/c2*1-11-7-6-10-14(15(11)17)12(2)16-13-8-4-3-5-9-13;1-11-6-5-9-14(16)13(11)10-15-12-7-3-2-4-8-12;1-11(13-9-5-6-10-14(13)16)15-12-7-3-2-4-8-12;1-11-7-8-14(16)12(9-11)10-15-13-5-3-2-4-6-13;;;;;;;;;;;;;;;/h2*3-10,17H,1-2H3;3*2-10,16H,1H3;10*1H;;;;;/q;;;;;;;;;;;;;;;5*+2/p-10. The van der Waals surface area contributed by atoms with Gasteiger partial charge in [0.2, 0.25) is 0 Å². The summed E-state index contributed by atoms with van der Waals surface area (Å²) in [6.45, 7) is 13.4. The van der Waals surface area contributed by atoms with E-state index in [9.17, 15) is 25.5 Å². The molecule has 0 aromatic heterocycles. The first-order valence-corrected chi connectivity index (χ1v) is 50.0. The number of hydrogen-bond acceptors (Lipinski definition) is 10. The van der Waals surface area contributed by atoms with Gasteiger partial charge in [-0.3, -0.25) is 25.0 Å². The van der Waals surface area contributed by atoms with Crippen molar-refractivity contribution < 1.29 is 111 Å². The Morgan fingerprint density at radius 2 is 0.588 bits per heavy atom. The van der Waals surface area contributed by atoms with Gasteiger partial charge in [-0.15, -0.1) is 0 Å². The summed E-state index contributed by atoms with van der Waals surface area (Å²) in [6, 6.07) is 78.0. The van der Waals surface area contributed by atoms with Gasteiger partial charge >= 0.3 is 178 Å². The molecule has 10 rings (SSSR count). The van der Waals surface area contributed by atoms with Crippen LogP contribution in [0.2, 0.25) is 0 Å². The van der Waals surface area contributed by atoms with Crippen LogP contribution >= 0.6 is 93.0 Å². The molecule has 0 radical (unpaired) electrons. The minimum absolute atomic E-state index is 0.255. The van der Waals surface area contributed by atoms with E-state index >= 15 is 0 Å².